The highest BCUT2D eigenvalue weighted by Crippen LogP contribution is 2.22. The van der Waals surface area contributed by atoms with E-state index >= 15 is 0 Å². The number of carbonyl (C=O) groups excluding carboxylic acids is 1. The summed E-state index contributed by atoms with van der Waals surface area (Å²) in [7, 11) is 1.31. The second kappa shape index (κ2) is 7.56. The molecule has 0 bridgehead atoms. The summed E-state index contributed by atoms with van der Waals surface area (Å²) >= 11 is 0. The van der Waals surface area contributed by atoms with Crippen LogP contribution in [0.25, 0.3) is 0 Å². The molecule has 26 heavy (non-hydrogen) atoms. The SMILES string of the molecule is COC(=O)c1ccc(Nc2cc(Nc3ccc(F)cc3F)ncn2)cc1. The molecule has 3 aromatic rings. The van der Waals surface area contributed by atoms with Gasteiger partial charge in [0.25, 0.3) is 0 Å². The number of esters is 1. The third-order valence-electron chi connectivity index (χ3n) is 3.44. The van der Waals surface area contributed by atoms with Gasteiger partial charge in [-0.25, -0.2) is 23.5 Å². The Morgan fingerprint density at radius 2 is 1.65 bits per heavy atom. The van der Waals surface area contributed by atoms with Gasteiger partial charge in [-0.1, -0.05) is 0 Å². The molecule has 0 aliphatic rings. The molecule has 0 unspecified atom stereocenters. The molecule has 0 amide bonds. The van der Waals surface area contributed by atoms with Gasteiger partial charge < -0.3 is 15.4 Å². The Labute approximate surface area is 147 Å². The fourth-order valence-corrected chi connectivity index (χ4v) is 2.18. The maximum Gasteiger partial charge on any atom is 0.337 e. The van der Waals surface area contributed by atoms with Gasteiger partial charge in [-0.15, -0.1) is 0 Å². The maximum absolute atomic E-state index is 13.7. The number of rotatable bonds is 5. The highest BCUT2D eigenvalue weighted by molar-refractivity contribution is 5.89. The average molecular weight is 356 g/mol. The number of nitrogens with zero attached hydrogens (tertiary/aromatic N) is 2. The zero-order valence-corrected chi connectivity index (χ0v) is 13.7. The number of hydrogen-bond donors (Lipinski definition) is 2. The monoisotopic (exact) mass is 356 g/mol. The summed E-state index contributed by atoms with van der Waals surface area (Å²) in [4.78, 5) is 19.5. The van der Waals surface area contributed by atoms with E-state index in [1.807, 2.05) is 0 Å². The van der Waals surface area contributed by atoms with Gasteiger partial charge >= 0.3 is 5.97 Å². The van der Waals surface area contributed by atoms with Gasteiger partial charge in [0, 0.05) is 17.8 Å². The highest BCUT2D eigenvalue weighted by atomic mass is 19.1. The van der Waals surface area contributed by atoms with Crippen LogP contribution in [0.1, 0.15) is 10.4 Å². The lowest BCUT2D eigenvalue weighted by Gasteiger charge is -2.09. The van der Waals surface area contributed by atoms with Crippen LogP contribution in [0.4, 0.5) is 31.8 Å². The van der Waals surface area contributed by atoms with Crippen molar-refractivity contribution in [2.75, 3.05) is 17.7 Å². The van der Waals surface area contributed by atoms with Crippen molar-refractivity contribution in [1.29, 1.82) is 0 Å². The average Bonchev–Trinajstić information content (AvgIpc) is 2.64. The van der Waals surface area contributed by atoms with Crippen molar-refractivity contribution >= 4 is 29.0 Å². The number of methoxy groups -OCH3 is 1. The molecule has 0 radical (unpaired) electrons. The van der Waals surface area contributed by atoms with Crippen molar-refractivity contribution in [2.45, 2.75) is 0 Å². The standard InChI is InChI=1S/C18H14F2N4O2/c1-26-18(25)11-2-5-13(6-3-11)23-16-9-17(22-10-21-16)24-15-7-4-12(19)8-14(15)20/h2-10H,1H3,(H2,21,22,23,24). The summed E-state index contributed by atoms with van der Waals surface area (Å²) in [6, 6.07) is 11.4. The molecule has 2 N–H and O–H groups in total. The van der Waals surface area contributed by atoms with Crippen LogP contribution in [0.5, 0.6) is 0 Å². The number of carbonyl (C=O) groups is 1. The van der Waals surface area contributed by atoms with Gasteiger partial charge in [0.2, 0.25) is 0 Å². The van der Waals surface area contributed by atoms with Crippen LogP contribution in [-0.4, -0.2) is 23.0 Å². The largest absolute Gasteiger partial charge is 0.465 e. The second-order valence-corrected chi connectivity index (χ2v) is 5.23. The summed E-state index contributed by atoms with van der Waals surface area (Å²) in [5, 5.41) is 5.80. The molecule has 0 atom stereocenters. The predicted octanol–water partition coefficient (Wildman–Crippen LogP) is 4.03. The van der Waals surface area contributed by atoms with E-state index in [1.165, 1.54) is 19.5 Å². The molecule has 2 aromatic carbocycles. The van der Waals surface area contributed by atoms with Crippen molar-refractivity contribution in [3.05, 3.63) is 72.1 Å². The van der Waals surface area contributed by atoms with Crippen molar-refractivity contribution in [2.24, 2.45) is 0 Å². The van der Waals surface area contributed by atoms with Crippen molar-refractivity contribution < 1.29 is 18.3 Å². The van der Waals surface area contributed by atoms with Gasteiger partial charge in [0.1, 0.15) is 29.6 Å². The topological polar surface area (TPSA) is 76.1 Å². The molecule has 0 fully saturated rings. The minimum atomic E-state index is -0.725. The van der Waals surface area contributed by atoms with Crippen LogP contribution < -0.4 is 10.6 Å². The molecule has 0 spiro atoms. The fraction of sp³-hybridized carbons (Fsp3) is 0.0556. The first-order valence-electron chi connectivity index (χ1n) is 7.54. The molecular weight excluding hydrogens is 342 g/mol. The molecule has 0 aliphatic heterocycles. The van der Waals surface area contributed by atoms with E-state index in [-0.39, 0.29) is 5.69 Å². The lowest BCUT2D eigenvalue weighted by molar-refractivity contribution is 0.0601. The maximum atomic E-state index is 13.7. The molecule has 0 saturated carbocycles. The van der Waals surface area contributed by atoms with Crippen LogP contribution in [-0.2, 0) is 4.74 Å². The molecule has 8 heteroatoms. The van der Waals surface area contributed by atoms with Crippen LogP contribution in [0.2, 0.25) is 0 Å². The summed E-state index contributed by atoms with van der Waals surface area (Å²) < 4.78 is 31.3. The van der Waals surface area contributed by atoms with Gasteiger partial charge in [0.15, 0.2) is 0 Å². The van der Waals surface area contributed by atoms with Gasteiger partial charge in [0.05, 0.1) is 18.4 Å². The number of benzene rings is 2. The van der Waals surface area contributed by atoms with Crippen molar-refractivity contribution in [1.82, 2.24) is 9.97 Å². The molecule has 3 rings (SSSR count). The molecule has 0 saturated heterocycles. The molecule has 0 aliphatic carbocycles. The lowest BCUT2D eigenvalue weighted by Crippen LogP contribution is -2.02. The quantitative estimate of drug-likeness (QED) is 0.672. The third kappa shape index (κ3) is 4.10. The van der Waals surface area contributed by atoms with Gasteiger partial charge in [-0.2, -0.15) is 0 Å². The normalized spacial score (nSPS) is 10.3. The summed E-state index contributed by atoms with van der Waals surface area (Å²) in [5.41, 5.74) is 1.21. The van der Waals surface area contributed by atoms with Crippen molar-refractivity contribution in [3.63, 3.8) is 0 Å². The number of anilines is 4. The van der Waals surface area contributed by atoms with E-state index in [1.54, 1.807) is 30.3 Å². The first-order chi connectivity index (χ1) is 12.5. The summed E-state index contributed by atoms with van der Waals surface area (Å²) in [6.07, 6.45) is 1.30. The molecular formula is C18H14F2N4O2. The third-order valence-corrected chi connectivity index (χ3v) is 3.44. The minimum absolute atomic E-state index is 0.0958. The molecule has 132 valence electrons. The lowest BCUT2D eigenvalue weighted by atomic mass is 10.2. The van der Waals surface area contributed by atoms with E-state index in [0.29, 0.717) is 22.9 Å². The van der Waals surface area contributed by atoms with E-state index in [0.717, 1.165) is 12.1 Å². The fourth-order valence-electron chi connectivity index (χ4n) is 2.18. The number of hydrogen-bond acceptors (Lipinski definition) is 6. The Hall–Kier alpha value is -3.55. The summed E-state index contributed by atoms with van der Waals surface area (Å²) in [6.45, 7) is 0. The Bertz CT molecular complexity index is 933. The number of nitrogens with one attached hydrogen (secondary N) is 2. The number of halogens is 2. The first kappa shape index (κ1) is 17.3. The van der Waals surface area contributed by atoms with Crippen LogP contribution >= 0.6 is 0 Å². The smallest absolute Gasteiger partial charge is 0.337 e. The Morgan fingerprint density at radius 3 is 2.31 bits per heavy atom. The van der Waals surface area contributed by atoms with Crippen LogP contribution in [0.15, 0.2) is 54.9 Å². The molecule has 1 aromatic heterocycles. The van der Waals surface area contributed by atoms with Crippen LogP contribution in [0.3, 0.4) is 0 Å². The summed E-state index contributed by atoms with van der Waals surface area (Å²) in [5.74, 6) is -1.02. The Kier molecular flexibility index (Phi) is 5.02. The molecule has 1 heterocycles. The Balaban J connectivity index is 1.74. The second-order valence-electron chi connectivity index (χ2n) is 5.23. The van der Waals surface area contributed by atoms with E-state index in [4.69, 9.17) is 0 Å². The van der Waals surface area contributed by atoms with Crippen LogP contribution in [0, 0.1) is 11.6 Å². The van der Waals surface area contributed by atoms with Crippen molar-refractivity contribution in [3.8, 4) is 0 Å². The first-order valence-corrected chi connectivity index (χ1v) is 7.54. The molecule has 6 nitrogen and oxygen atoms in total. The van der Waals surface area contributed by atoms with Gasteiger partial charge in [-0.05, 0) is 36.4 Å². The minimum Gasteiger partial charge on any atom is -0.465 e. The Morgan fingerprint density at radius 1 is 0.962 bits per heavy atom. The number of ether oxygens (including phenoxy) is 1. The van der Waals surface area contributed by atoms with E-state index in [9.17, 15) is 13.6 Å². The zero-order valence-electron chi connectivity index (χ0n) is 13.7. The number of aromatic nitrogens is 2. The zero-order chi connectivity index (χ0) is 18.5. The predicted molar refractivity (Wildman–Crippen MR) is 92.7 cm³/mol. The van der Waals surface area contributed by atoms with E-state index < -0.39 is 17.6 Å². The van der Waals surface area contributed by atoms with Gasteiger partial charge in [-0.3, -0.25) is 0 Å². The van der Waals surface area contributed by atoms with E-state index in [2.05, 4.69) is 25.3 Å². The highest BCUT2D eigenvalue weighted by Gasteiger charge is 2.07.